The number of hydrogen-bond donors (Lipinski definition) is 1. The summed E-state index contributed by atoms with van der Waals surface area (Å²) in [4.78, 5) is 3.90. The van der Waals surface area contributed by atoms with Crippen molar-refractivity contribution in [2.45, 2.75) is 52.5 Å². The predicted molar refractivity (Wildman–Crippen MR) is 76.0 cm³/mol. The van der Waals surface area contributed by atoms with Gasteiger partial charge in [0, 0.05) is 12.2 Å². The third kappa shape index (κ3) is 3.53. The van der Waals surface area contributed by atoms with E-state index in [-0.39, 0.29) is 11.9 Å². The molecule has 2 nitrogen and oxygen atoms in total. The smallest absolute Gasteiger partial charge is 0.141 e. The fraction of sp³-hybridized carbons (Fsp3) is 0.688. The van der Waals surface area contributed by atoms with Gasteiger partial charge in [0.25, 0.3) is 0 Å². The summed E-state index contributed by atoms with van der Waals surface area (Å²) < 4.78 is 13.2. The molecule has 1 aromatic rings. The lowest BCUT2D eigenvalue weighted by Crippen LogP contribution is -2.30. The van der Waals surface area contributed by atoms with Crippen molar-refractivity contribution in [1.82, 2.24) is 4.98 Å². The number of nitrogens with two attached hydrogens (primary N) is 1. The average molecular weight is 264 g/mol. The molecule has 0 saturated heterocycles. The summed E-state index contributed by atoms with van der Waals surface area (Å²) >= 11 is 0. The molecule has 0 bridgehead atoms. The lowest BCUT2D eigenvalue weighted by Gasteiger charge is -2.38. The minimum absolute atomic E-state index is 0.0795. The fourth-order valence-electron chi connectivity index (χ4n) is 3.23. The summed E-state index contributed by atoms with van der Waals surface area (Å²) in [7, 11) is 0. The molecule has 1 aliphatic carbocycles. The van der Waals surface area contributed by atoms with Crippen LogP contribution in [-0.2, 0) is 0 Å². The Hall–Kier alpha value is -0.960. The standard InChI is InChI=1S/C16H25FN2/c1-16(2,3)13-6-4-11(5-7-13)15(18)12-8-14(17)10-19-9-12/h8-11,13,15H,4-7,18H2,1-3H3. The Morgan fingerprint density at radius 1 is 1.21 bits per heavy atom. The Morgan fingerprint density at radius 3 is 2.37 bits per heavy atom. The maximum Gasteiger partial charge on any atom is 0.141 e. The highest BCUT2D eigenvalue weighted by Crippen LogP contribution is 2.42. The van der Waals surface area contributed by atoms with Crippen LogP contribution in [0.25, 0.3) is 0 Å². The molecule has 0 aromatic carbocycles. The molecule has 0 radical (unpaired) electrons. The number of nitrogens with zero attached hydrogens (tertiary/aromatic N) is 1. The molecule has 2 N–H and O–H groups in total. The van der Waals surface area contributed by atoms with E-state index < -0.39 is 0 Å². The first-order valence-electron chi connectivity index (χ1n) is 7.24. The van der Waals surface area contributed by atoms with Gasteiger partial charge < -0.3 is 5.73 Å². The van der Waals surface area contributed by atoms with Gasteiger partial charge in [-0.2, -0.15) is 0 Å². The zero-order chi connectivity index (χ0) is 14.0. The van der Waals surface area contributed by atoms with Crippen LogP contribution in [0.15, 0.2) is 18.5 Å². The molecule has 0 aliphatic heterocycles. The first-order chi connectivity index (χ1) is 8.88. The molecule has 1 atom stereocenters. The summed E-state index contributed by atoms with van der Waals surface area (Å²) in [6.07, 6.45) is 7.66. The molecule has 3 heteroatoms. The molecular formula is C16H25FN2. The maximum absolute atomic E-state index is 13.2. The van der Waals surface area contributed by atoms with Crippen molar-refractivity contribution in [3.63, 3.8) is 0 Å². The topological polar surface area (TPSA) is 38.9 Å². The second-order valence-corrected chi connectivity index (χ2v) is 6.94. The van der Waals surface area contributed by atoms with Crippen LogP contribution in [-0.4, -0.2) is 4.98 Å². The van der Waals surface area contributed by atoms with Gasteiger partial charge in [-0.15, -0.1) is 0 Å². The van der Waals surface area contributed by atoms with E-state index >= 15 is 0 Å². The van der Waals surface area contributed by atoms with Gasteiger partial charge in [0.1, 0.15) is 5.82 Å². The highest BCUT2D eigenvalue weighted by Gasteiger charge is 2.32. The Labute approximate surface area is 115 Å². The molecule has 2 rings (SSSR count). The highest BCUT2D eigenvalue weighted by atomic mass is 19.1. The predicted octanol–water partition coefficient (Wildman–Crippen LogP) is 4.07. The second-order valence-electron chi connectivity index (χ2n) is 6.94. The van der Waals surface area contributed by atoms with Crippen molar-refractivity contribution in [3.8, 4) is 0 Å². The van der Waals surface area contributed by atoms with Crippen LogP contribution in [0.1, 0.15) is 58.1 Å². The summed E-state index contributed by atoms with van der Waals surface area (Å²) in [6, 6.07) is 1.44. The van der Waals surface area contributed by atoms with Gasteiger partial charge >= 0.3 is 0 Å². The van der Waals surface area contributed by atoms with Gasteiger partial charge in [0.15, 0.2) is 0 Å². The van der Waals surface area contributed by atoms with Gasteiger partial charge in [-0.3, -0.25) is 4.98 Å². The van der Waals surface area contributed by atoms with Crippen LogP contribution in [0, 0.1) is 23.1 Å². The molecule has 1 fully saturated rings. The van der Waals surface area contributed by atoms with Gasteiger partial charge in [-0.1, -0.05) is 20.8 Å². The van der Waals surface area contributed by atoms with Crippen molar-refractivity contribution in [2.75, 3.05) is 0 Å². The van der Waals surface area contributed by atoms with E-state index in [9.17, 15) is 4.39 Å². The number of aromatic nitrogens is 1. The van der Waals surface area contributed by atoms with Gasteiger partial charge in [0.05, 0.1) is 6.20 Å². The number of pyridine rings is 1. The van der Waals surface area contributed by atoms with E-state index in [0.29, 0.717) is 11.3 Å². The normalized spacial score (nSPS) is 26.2. The maximum atomic E-state index is 13.2. The van der Waals surface area contributed by atoms with Crippen LogP contribution in [0.3, 0.4) is 0 Å². The summed E-state index contributed by atoms with van der Waals surface area (Å²) in [5.74, 6) is 0.945. The average Bonchev–Trinajstić information content (AvgIpc) is 2.37. The minimum Gasteiger partial charge on any atom is -0.324 e. The van der Waals surface area contributed by atoms with E-state index in [1.54, 1.807) is 6.20 Å². The summed E-state index contributed by atoms with van der Waals surface area (Å²) in [5, 5.41) is 0. The van der Waals surface area contributed by atoms with Crippen molar-refractivity contribution >= 4 is 0 Å². The molecule has 1 aliphatic rings. The van der Waals surface area contributed by atoms with Crippen LogP contribution < -0.4 is 5.73 Å². The Bertz CT molecular complexity index is 417. The van der Waals surface area contributed by atoms with Crippen LogP contribution >= 0.6 is 0 Å². The largest absolute Gasteiger partial charge is 0.324 e. The summed E-state index contributed by atoms with van der Waals surface area (Å²) in [6.45, 7) is 6.94. The lowest BCUT2D eigenvalue weighted by atomic mass is 9.68. The Morgan fingerprint density at radius 2 is 1.84 bits per heavy atom. The number of rotatable bonds is 2. The third-order valence-corrected chi connectivity index (χ3v) is 4.62. The Kier molecular flexibility index (Phi) is 4.24. The van der Waals surface area contributed by atoms with Crippen LogP contribution in [0.4, 0.5) is 4.39 Å². The monoisotopic (exact) mass is 264 g/mol. The second kappa shape index (κ2) is 5.58. The summed E-state index contributed by atoms with van der Waals surface area (Å²) in [5.41, 5.74) is 7.50. The third-order valence-electron chi connectivity index (χ3n) is 4.62. The SMILES string of the molecule is CC(C)(C)C1CCC(C(N)c2cncc(F)c2)CC1. The van der Waals surface area contributed by atoms with Crippen LogP contribution in [0.2, 0.25) is 0 Å². The van der Waals surface area contributed by atoms with E-state index in [2.05, 4.69) is 25.8 Å². The zero-order valence-electron chi connectivity index (χ0n) is 12.2. The minimum atomic E-state index is -0.295. The molecule has 1 saturated carbocycles. The highest BCUT2D eigenvalue weighted by molar-refractivity contribution is 5.15. The fourth-order valence-corrected chi connectivity index (χ4v) is 3.23. The van der Waals surface area contributed by atoms with Crippen molar-refractivity contribution in [3.05, 3.63) is 29.8 Å². The number of hydrogen-bond acceptors (Lipinski definition) is 2. The van der Waals surface area contributed by atoms with E-state index in [4.69, 9.17) is 5.73 Å². The molecular weight excluding hydrogens is 239 g/mol. The lowest BCUT2D eigenvalue weighted by molar-refractivity contribution is 0.139. The van der Waals surface area contributed by atoms with Crippen LogP contribution in [0.5, 0.6) is 0 Å². The quantitative estimate of drug-likeness (QED) is 0.874. The van der Waals surface area contributed by atoms with E-state index in [0.717, 1.165) is 24.3 Å². The van der Waals surface area contributed by atoms with E-state index in [1.165, 1.54) is 25.1 Å². The zero-order valence-corrected chi connectivity index (χ0v) is 12.2. The van der Waals surface area contributed by atoms with Gasteiger partial charge in [-0.25, -0.2) is 4.39 Å². The van der Waals surface area contributed by atoms with Crippen molar-refractivity contribution < 1.29 is 4.39 Å². The first-order valence-corrected chi connectivity index (χ1v) is 7.24. The van der Waals surface area contributed by atoms with E-state index in [1.807, 2.05) is 0 Å². The van der Waals surface area contributed by atoms with Gasteiger partial charge in [0.2, 0.25) is 0 Å². The molecule has 0 amide bonds. The van der Waals surface area contributed by atoms with Crippen molar-refractivity contribution in [1.29, 1.82) is 0 Å². The molecule has 1 aromatic heterocycles. The van der Waals surface area contributed by atoms with Crippen molar-refractivity contribution in [2.24, 2.45) is 23.0 Å². The molecule has 19 heavy (non-hydrogen) atoms. The molecule has 1 unspecified atom stereocenters. The first kappa shape index (κ1) is 14.4. The molecule has 0 spiro atoms. The Balaban J connectivity index is 1.98. The molecule has 1 heterocycles. The molecule has 106 valence electrons. The number of halogens is 1. The van der Waals surface area contributed by atoms with Gasteiger partial charge in [-0.05, 0) is 54.6 Å².